The summed E-state index contributed by atoms with van der Waals surface area (Å²) in [7, 11) is -2.95. The molecule has 0 atom stereocenters. The van der Waals surface area contributed by atoms with E-state index in [4.69, 9.17) is 11.6 Å². The lowest BCUT2D eigenvalue weighted by Crippen LogP contribution is -2.47. The lowest BCUT2D eigenvalue weighted by Gasteiger charge is -2.20. The summed E-state index contributed by atoms with van der Waals surface area (Å²) in [5, 5.41) is 0.683. The van der Waals surface area contributed by atoms with Crippen LogP contribution >= 0.6 is 11.6 Å². The Morgan fingerprint density at radius 3 is 2.38 bits per heavy atom. The van der Waals surface area contributed by atoms with Crippen molar-refractivity contribution in [2.75, 3.05) is 12.4 Å². The summed E-state index contributed by atoms with van der Waals surface area (Å²) in [4.78, 5) is 13.1. The molecule has 2 aromatic rings. The number of carbonyl (C=O) groups excluding carboxylic acids is 1. The number of anilines is 1. The van der Waals surface area contributed by atoms with Gasteiger partial charge in [-0.05, 0) is 25.1 Å². The van der Waals surface area contributed by atoms with E-state index in [1.807, 2.05) is 0 Å². The first-order valence-corrected chi connectivity index (χ1v) is 9.47. The van der Waals surface area contributed by atoms with E-state index in [0.29, 0.717) is 7.05 Å². The molecule has 0 radical (unpaired) electrons. The van der Waals surface area contributed by atoms with E-state index in [1.165, 1.54) is 18.8 Å². The number of nitrogens with zero attached hydrogens (tertiary/aromatic N) is 2. The van der Waals surface area contributed by atoms with Crippen LogP contribution in [0.2, 0.25) is 5.02 Å². The maximum absolute atomic E-state index is 14.0. The van der Waals surface area contributed by atoms with E-state index in [-0.39, 0.29) is 11.4 Å². The van der Waals surface area contributed by atoms with E-state index in [2.05, 4.69) is 5.32 Å². The van der Waals surface area contributed by atoms with Crippen LogP contribution in [0.15, 0.2) is 23.1 Å². The van der Waals surface area contributed by atoms with E-state index in [0.717, 1.165) is 22.8 Å². The van der Waals surface area contributed by atoms with Crippen molar-refractivity contribution in [1.82, 2.24) is 14.4 Å². The van der Waals surface area contributed by atoms with E-state index in [9.17, 15) is 35.2 Å². The van der Waals surface area contributed by atoms with Crippen molar-refractivity contribution in [3.05, 3.63) is 46.2 Å². The molecule has 0 spiro atoms. The Balaban J connectivity index is 2.38. The number of alkyl halides is 3. The van der Waals surface area contributed by atoms with Gasteiger partial charge in [-0.3, -0.25) is 4.79 Å². The molecule has 2 N–H and O–H groups in total. The molecule has 0 fully saturated rings. The second-order valence-electron chi connectivity index (χ2n) is 5.84. The Hall–Kier alpha value is -2.22. The molecule has 2 rings (SSSR count). The van der Waals surface area contributed by atoms with Crippen molar-refractivity contribution < 1.29 is 35.2 Å². The smallest absolute Gasteiger partial charge is 0.343 e. The molecule has 0 unspecified atom stereocenters. The van der Waals surface area contributed by atoms with Crippen LogP contribution in [-0.4, -0.2) is 37.2 Å². The monoisotopic (exact) mass is 460 g/mol. The third-order valence-corrected chi connectivity index (χ3v) is 5.78. The Morgan fingerprint density at radius 2 is 1.83 bits per heavy atom. The third-order valence-electron chi connectivity index (χ3n) is 3.93. The van der Waals surface area contributed by atoms with Crippen molar-refractivity contribution in [2.24, 2.45) is 7.05 Å². The average Bonchev–Trinajstić information content (AvgIpc) is 2.90. The quantitative estimate of drug-likeness (QED) is 0.311. The normalized spacial score (nSPS) is 12.5. The molecule has 1 amide bonds. The van der Waals surface area contributed by atoms with Gasteiger partial charge in [0.25, 0.3) is 15.9 Å². The van der Waals surface area contributed by atoms with Crippen LogP contribution in [0.3, 0.4) is 0 Å². The number of carbonyl (C=O) groups is 1. The van der Waals surface area contributed by atoms with Crippen molar-refractivity contribution >= 4 is 33.2 Å². The third kappa shape index (κ3) is 4.69. The van der Waals surface area contributed by atoms with Gasteiger partial charge in [0.05, 0.1) is 5.69 Å². The van der Waals surface area contributed by atoms with Gasteiger partial charge in [0.2, 0.25) is 0 Å². The molecule has 0 bridgehead atoms. The van der Waals surface area contributed by atoms with Gasteiger partial charge in [-0.1, -0.05) is 11.6 Å². The fraction of sp³-hybridized carbons (Fsp3) is 0.267. The molecule has 160 valence electrons. The second-order valence-corrected chi connectivity index (χ2v) is 7.84. The minimum Gasteiger partial charge on any atom is -0.343 e. The first kappa shape index (κ1) is 23.1. The average molecular weight is 461 g/mol. The van der Waals surface area contributed by atoms with E-state index < -0.39 is 54.5 Å². The molecule has 0 aliphatic carbocycles. The Labute approximate surface area is 167 Å². The van der Waals surface area contributed by atoms with Gasteiger partial charge in [-0.15, -0.1) is 9.84 Å². The number of halogens is 6. The second kappa shape index (κ2) is 7.89. The molecule has 7 nitrogen and oxygen atoms in total. The predicted molar refractivity (Wildman–Crippen MR) is 93.6 cm³/mol. The molecule has 0 aliphatic rings. The fourth-order valence-electron chi connectivity index (χ4n) is 2.25. The lowest BCUT2D eigenvalue weighted by atomic mass is 10.2. The molecule has 1 aromatic heterocycles. The summed E-state index contributed by atoms with van der Waals surface area (Å²) in [5.74, 6) is -3.29. The summed E-state index contributed by atoms with van der Waals surface area (Å²) in [6.07, 6.45) is -4.98. The molecule has 29 heavy (non-hydrogen) atoms. The van der Waals surface area contributed by atoms with Crippen molar-refractivity contribution in [3.63, 3.8) is 0 Å². The van der Waals surface area contributed by atoms with Gasteiger partial charge in [0.1, 0.15) is 21.4 Å². The highest BCUT2D eigenvalue weighted by molar-refractivity contribution is 7.89. The zero-order valence-corrected chi connectivity index (χ0v) is 16.6. The van der Waals surface area contributed by atoms with Crippen LogP contribution < -0.4 is 10.1 Å². The maximum Gasteiger partial charge on any atom is 0.473 e. The van der Waals surface area contributed by atoms with Crippen LogP contribution in [0.1, 0.15) is 16.2 Å². The number of sulfonamides is 1. The summed E-state index contributed by atoms with van der Waals surface area (Å²) < 4.78 is 90.6. The Morgan fingerprint density at radius 1 is 1.24 bits per heavy atom. The highest BCUT2D eigenvalue weighted by Crippen LogP contribution is 2.27. The summed E-state index contributed by atoms with van der Waals surface area (Å²) >= 11 is 5.43. The van der Waals surface area contributed by atoms with Gasteiger partial charge in [0.15, 0.2) is 5.82 Å². The standard InChI is InChI=1S/C15H14ClF5N4O3S/c1-7-11(29(27,28)23-25(3)15(19,20)21)6-10(24(7)2)14(26)22-9-5-4-8(17)12(16)13(9)18/h4-6,23H,1-3H3,(H,22,26). The number of nitrogens with one attached hydrogen (secondary N) is 2. The molecule has 1 aromatic carbocycles. The Bertz CT molecular complexity index is 1070. The van der Waals surface area contributed by atoms with Crippen LogP contribution in [0.5, 0.6) is 0 Å². The fourth-order valence-corrected chi connectivity index (χ4v) is 3.77. The molecular weight excluding hydrogens is 447 g/mol. The number of aromatic nitrogens is 1. The van der Waals surface area contributed by atoms with E-state index >= 15 is 0 Å². The largest absolute Gasteiger partial charge is 0.473 e. The number of hydrogen-bond donors (Lipinski definition) is 2. The molecule has 0 saturated carbocycles. The predicted octanol–water partition coefficient (Wildman–Crippen LogP) is 3.16. The van der Waals surface area contributed by atoms with Crippen molar-refractivity contribution in [3.8, 4) is 0 Å². The molecular formula is C15H14ClF5N4O3S. The highest BCUT2D eigenvalue weighted by atomic mass is 35.5. The van der Waals surface area contributed by atoms with Gasteiger partial charge in [-0.2, -0.15) is 13.2 Å². The minimum absolute atomic E-state index is 0.0594. The molecule has 0 aliphatic heterocycles. The zero-order valence-electron chi connectivity index (χ0n) is 15.0. The molecule has 1 heterocycles. The van der Waals surface area contributed by atoms with Gasteiger partial charge >= 0.3 is 6.30 Å². The van der Waals surface area contributed by atoms with E-state index in [1.54, 1.807) is 0 Å². The molecule has 14 heteroatoms. The van der Waals surface area contributed by atoms with Crippen molar-refractivity contribution in [2.45, 2.75) is 18.1 Å². The van der Waals surface area contributed by atoms with Crippen LogP contribution in [0, 0.1) is 18.6 Å². The van der Waals surface area contributed by atoms with Crippen LogP contribution in [0.4, 0.5) is 27.6 Å². The number of hydrazine groups is 1. The number of amides is 1. The highest BCUT2D eigenvalue weighted by Gasteiger charge is 2.38. The topological polar surface area (TPSA) is 83.4 Å². The van der Waals surface area contributed by atoms with Crippen molar-refractivity contribution in [1.29, 1.82) is 0 Å². The van der Waals surface area contributed by atoms with Crippen LogP contribution in [-0.2, 0) is 17.1 Å². The lowest BCUT2D eigenvalue weighted by molar-refractivity contribution is -0.245. The summed E-state index contributed by atoms with van der Waals surface area (Å²) in [6, 6.07) is 2.53. The first-order chi connectivity index (χ1) is 13.2. The minimum atomic E-state index is -4.98. The number of benzene rings is 1. The summed E-state index contributed by atoms with van der Waals surface area (Å²) in [5.41, 5.74) is -0.840. The Kier molecular flexibility index (Phi) is 6.28. The zero-order chi connectivity index (χ0) is 22.3. The maximum atomic E-state index is 14.0. The van der Waals surface area contributed by atoms with Gasteiger partial charge < -0.3 is 9.88 Å². The van der Waals surface area contributed by atoms with Gasteiger partial charge in [-0.25, -0.2) is 17.2 Å². The molecule has 0 saturated heterocycles. The van der Waals surface area contributed by atoms with Gasteiger partial charge in [0, 0.05) is 19.8 Å². The first-order valence-electron chi connectivity index (χ1n) is 7.61. The SMILES string of the molecule is Cc1c(S(=O)(=O)NN(C)C(F)(F)F)cc(C(=O)Nc2ccc(F)c(Cl)c2F)n1C. The summed E-state index contributed by atoms with van der Waals surface area (Å²) in [6.45, 7) is 1.26. The van der Waals surface area contributed by atoms with Crippen LogP contribution in [0.25, 0.3) is 0 Å². The number of rotatable bonds is 5. The number of hydrogen-bond acceptors (Lipinski definition) is 4.